The lowest BCUT2D eigenvalue weighted by molar-refractivity contribution is -0.137. The highest BCUT2D eigenvalue weighted by molar-refractivity contribution is 5.48. The van der Waals surface area contributed by atoms with E-state index in [2.05, 4.69) is 41.5 Å². The molecule has 0 unspecified atom stereocenters. The van der Waals surface area contributed by atoms with Crippen LogP contribution < -0.4 is 5.73 Å². The molecule has 0 aliphatic rings. The van der Waals surface area contributed by atoms with E-state index in [9.17, 15) is 13.2 Å². The van der Waals surface area contributed by atoms with Crippen LogP contribution in [0.4, 0.5) is 18.9 Å². The number of hydrogen-bond donors (Lipinski definition) is 1. The topological polar surface area (TPSA) is 26.0 Å². The van der Waals surface area contributed by atoms with Crippen LogP contribution in [0.15, 0.2) is 18.2 Å². The summed E-state index contributed by atoms with van der Waals surface area (Å²) in [7, 11) is 0. The van der Waals surface area contributed by atoms with Crippen LogP contribution in [0.5, 0.6) is 0 Å². The van der Waals surface area contributed by atoms with Crippen LogP contribution >= 0.6 is 0 Å². The van der Waals surface area contributed by atoms with E-state index in [0.29, 0.717) is 22.1 Å². The highest BCUT2D eigenvalue weighted by atomic mass is 19.4. The minimum atomic E-state index is -4.28. The molecular weight excluding hydrogens is 299 g/mol. The summed E-state index contributed by atoms with van der Waals surface area (Å²) >= 11 is 0. The summed E-state index contributed by atoms with van der Waals surface area (Å²) < 4.78 is 36.2. The second-order valence-electron chi connectivity index (χ2n) is 7.06. The van der Waals surface area contributed by atoms with E-state index in [0.717, 1.165) is 12.1 Å². The smallest absolute Gasteiger partial charge is 0.399 e. The van der Waals surface area contributed by atoms with E-state index in [4.69, 9.17) is 5.73 Å². The Morgan fingerprint density at radius 1 is 0.957 bits per heavy atom. The molecule has 0 spiro atoms. The summed E-state index contributed by atoms with van der Waals surface area (Å²) in [6.07, 6.45) is -3.02. The van der Waals surface area contributed by atoms with Crippen LogP contribution in [-0.2, 0) is 6.18 Å². The summed E-state index contributed by atoms with van der Waals surface area (Å²) in [6, 6.07) is 3.27. The van der Waals surface area contributed by atoms with Crippen molar-refractivity contribution in [3.63, 3.8) is 0 Å². The Morgan fingerprint density at radius 2 is 1.39 bits per heavy atom. The number of rotatable bonds is 1. The fourth-order valence-corrected chi connectivity index (χ4v) is 1.38. The lowest BCUT2D eigenvalue weighted by Gasteiger charge is -2.37. The van der Waals surface area contributed by atoms with Crippen LogP contribution in [0, 0.1) is 17.8 Å². The number of nitrogens with two attached hydrogens (primary N) is 1. The first-order chi connectivity index (χ1) is 10.2. The van der Waals surface area contributed by atoms with Crippen molar-refractivity contribution in [2.45, 2.75) is 74.9 Å². The van der Waals surface area contributed by atoms with Crippen LogP contribution in [0.2, 0.25) is 0 Å². The molecule has 0 amide bonds. The largest absolute Gasteiger partial charge is 0.416 e. The maximum Gasteiger partial charge on any atom is 0.416 e. The first-order valence-electron chi connectivity index (χ1n) is 8.15. The molecule has 0 fully saturated rings. The van der Waals surface area contributed by atoms with Gasteiger partial charge in [-0.05, 0) is 41.5 Å². The molecule has 0 saturated carbocycles. The molecule has 0 bridgehead atoms. The number of aryl methyl sites for hydroxylation is 1. The maximum absolute atomic E-state index is 12.1. The van der Waals surface area contributed by atoms with E-state index >= 15 is 0 Å². The monoisotopic (exact) mass is 333 g/mol. The van der Waals surface area contributed by atoms with Gasteiger partial charge in [-0.2, -0.15) is 13.2 Å². The zero-order valence-electron chi connectivity index (χ0n) is 16.2. The first kappa shape index (κ1) is 24.1. The van der Waals surface area contributed by atoms with Crippen molar-refractivity contribution >= 4 is 5.69 Å². The van der Waals surface area contributed by atoms with Crippen molar-refractivity contribution in [2.75, 3.05) is 5.73 Å². The summed E-state index contributed by atoms with van der Waals surface area (Å²) in [5.74, 6) is 0. The Bertz CT molecular complexity index is 455. The highest BCUT2D eigenvalue weighted by Gasteiger charge is 2.30. The quantitative estimate of drug-likeness (QED) is 0.545. The number of anilines is 1. The number of halogens is 3. The molecule has 1 rings (SSSR count). The van der Waals surface area contributed by atoms with Gasteiger partial charge in [-0.3, -0.25) is 0 Å². The summed E-state index contributed by atoms with van der Waals surface area (Å²) in [6.45, 7) is 19.4. The summed E-state index contributed by atoms with van der Waals surface area (Å²) in [5, 5.41) is 0. The van der Waals surface area contributed by atoms with Gasteiger partial charge in [0, 0.05) is 5.69 Å². The van der Waals surface area contributed by atoms with Crippen LogP contribution in [-0.4, -0.2) is 0 Å². The molecule has 0 saturated heterocycles. The maximum atomic E-state index is 12.1. The molecular formula is C19H34F3N. The Kier molecular flexibility index (Phi) is 9.62. The Hall–Kier alpha value is -1.19. The number of alkyl halides is 3. The molecule has 4 heteroatoms. The van der Waals surface area contributed by atoms with Gasteiger partial charge in [-0.25, -0.2) is 0 Å². The zero-order valence-corrected chi connectivity index (χ0v) is 16.2. The van der Waals surface area contributed by atoms with Crippen LogP contribution in [0.3, 0.4) is 0 Å². The highest BCUT2D eigenvalue weighted by Crippen LogP contribution is 2.40. The lowest BCUT2D eigenvalue weighted by Crippen LogP contribution is -2.28. The van der Waals surface area contributed by atoms with Gasteiger partial charge in [0.25, 0.3) is 0 Å². The Balaban J connectivity index is 0. The van der Waals surface area contributed by atoms with Crippen molar-refractivity contribution < 1.29 is 13.2 Å². The van der Waals surface area contributed by atoms with Gasteiger partial charge in [0.05, 0.1) is 5.56 Å². The van der Waals surface area contributed by atoms with Gasteiger partial charge in [0.2, 0.25) is 0 Å². The van der Waals surface area contributed by atoms with E-state index in [1.807, 2.05) is 13.8 Å². The molecule has 0 aliphatic heterocycles. The number of hydrogen-bond acceptors (Lipinski definition) is 1. The molecule has 1 nitrogen and oxygen atoms in total. The van der Waals surface area contributed by atoms with Crippen LogP contribution in [0.25, 0.3) is 0 Å². The van der Waals surface area contributed by atoms with Crippen molar-refractivity contribution in [1.29, 1.82) is 0 Å². The van der Waals surface area contributed by atoms with Crippen molar-refractivity contribution in [1.82, 2.24) is 0 Å². The number of benzene rings is 1. The second kappa shape index (κ2) is 9.19. The van der Waals surface area contributed by atoms with Crippen molar-refractivity contribution in [3.8, 4) is 0 Å². The third-order valence-corrected chi connectivity index (χ3v) is 4.51. The SMILES string of the molecule is CC.CCC(C)(C)C(C)(C)C.Cc1cc(C(F)(F)F)ccc1N. The van der Waals surface area contributed by atoms with E-state index in [1.54, 1.807) is 6.92 Å². The molecule has 136 valence electrons. The molecule has 1 aromatic rings. The van der Waals surface area contributed by atoms with Crippen molar-refractivity contribution in [2.24, 2.45) is 10.8 Å². The van der Waals surface area contributed by atoms with E-state index < -0.39 is 11.7 Å². The molecule has 0 radical (unpaired) electrons. The number of nitrogen functional groups attached to an aromatic ring is 1. The van der Waals surface area contributed by atoms with Gasteiger partial charge in [-0.15, -0.1) is 0 Å². The van der Waals surface area contributed by atoms with E-state index in [-0.39, 0.29) is 0 Å². The van der Waals surface area contributed by atoms with Gasteiger partial charge in [0.15, 0.2) is 0 Å². The Morgan fingerprint density at radius 3 is 1.61 bits per heavy atom. The molecule has 0 aromatic heterocycles. The third-order valence-electron chi connectivity index (χ3n) is 4.51. The predicted octanol–water partition coefficient (Wildman–Crippen LogP) is 7.09. The average molecular weight is 333 g/mol. The van der Waals surface area contributed by atoms with Gasteiger partial charge >= 0.3 is 6.18 Å². The first-order valence-corrected chi connectivity index (χ1v) is 8.15. The normalized spacial score (nSPS) is 11.8. The predicted molar refractivity (Wildman–Crippen MR) is 95.5 cm³/mol. The fraction of sp³-hybridized carbons (Fsp3) is 0.684. The van der Waals surface area contributed by atoms with E-state index in [1.165, 1.54) is 12.5 Å². The molecule has 0 aliphatic carbocycles. The molecule has 1 aromatic carbocycles. The standard InChI is InChI=1S/C9H20.C8H8F3N.C2H6/c1-7-9(5,6)8(2,3)4;1-5-4-6(8(9,10)11)2-3-7(5)12;1-2/h7H2,1-6H3;2-4H,12H2,1H3;1-2H3. The van der Waals surface area contributed by atoms with Crippen molar-refractivity contribution in [3.05, 3.63) is 29.3 Å². The molecule has 23 heavy (non-hydrogen) atoms. The zero-order chi connectivity index (χ0) is 19.1. The molecule has 2 N–H and O–H groups in total. The van der Waals surface area contributed by atoms with Gasteiger partial charge < -0.3 is 5.73 Å². The second-order valence-corrected chi connectivity index (χ2v) is 7.06. The third kappa shape index (κ3) is 8.29. The summed E-state index contributed by atoms with van der Waals surface area (Å²) in [4.78, 5) is 0. The van der Waals surface area contributed by atoms with Gasteiger partial charge in [-0.1, -0.05) is 61.8 Å². The minimum Gasteiger partial charge on any atom is -0.399 e. The van der Waals surface area contributed by atoms with Crippen LogP contribution in [0.1, 0.15) is 72.9 Å². The molecule has 0 heterocycles. The Labute approximate surface area is 140 Å². The average Bonchev–Trinajstić information content (AvgIpc) is 2.42. The summed E-state index contributed by atoms with van der Waals surface area (Å²) in [5.41, 5.74) is 6.46. The molecule has 0 atom stereocenters. The fourth-order valence-electron chi connectivity index (χ4n) is 1.38. The lowest BCUT2D eigenvalue weighted by atomic mass is 9.68. The van der Waals surface area contributed by atoms with Gasteiger partial charge in [0.1, 0.15) is 0 Å². The minimum absolute atomic E-state index is 0.378.